The minimum Gasteiger partial charge on any atom is -0.324 e. The molecule has 0 aromatic rings. The zero-order valence-electron chi connectivity index (χ0n) is 19.8. The first-order valence-electron chi connectivity index (χ1n) is 12.1. The number of nitrogens with zero attached hydrogens (tertiary/aromatic N) is 1. The van der Waals surface area contributed by atoms with Crippen LogP contribution in [0.5, 0.6) is 0 Å². The highest BCUT2D eigenvalue weighted by Gasteiger charge is 2.25. The molecule has 0 aromatic heterocycles. The molecule has 0 unspecified atom stereocenters. The Labute approximate surface area is 211 Å². The van der Waals surface area contributed by atoms with Gasteiger partial charge in [0.15, 0.2) is 0 Å². The molecule has 176 valence electrons. The number of hydrogen-bond donors (Lipinski definition) is 0. The lowest BCUT2D eigenvalue weighted by Gasteiger charge is -2.39. The van der Waals surface area contributed by atoms with E-state index in [0.717, 1.165) is 0 Å². The third kappa shape index (κ3) is 22.1. The van der Waals surface area contributed by atoms with Crippen LogP contribution in [0.4, 0.5) is 0 Å². The maximum atomic E-state index is 2.34. The van der Waals surface area contributed by atoms with E-state index < -0.39 is 0 Å². The van der Waals surface area contributed by atoms with Crippen molar-refractivity contribution in [2.75, 3.05) is 26.2 Å². The summed E-state index contributed by atoms with van der Waals surface area (Å²) in [6.45, 7) is 15.2. The molecule has 0 aliphatic carbocycles. The topological polar surface area (TPSA) is 0 Å². The first-order valence-corrected chi connectivity index (χ1v) is 12.1. The number of hydrogen-bond acceptors (Lipinski definition) is 0. The van der Waals surface area contributed by atoms with Crippen LogP contribution in [-0.4, -0.2) is 30.7 Å². The Morgan fingerprint density at radius 2 is 0.536 bits per heavy atom. The molecular weight excluding hydrogens is 542 g/mol. The summed E-state index contributed by atoms with van der Waals surface area (Å²) in [6, 6.07) is 0. The maximum absolute atomic E-state index is 2.34. The average Bonchev–Trinajstić information content (AvgIpc) is 2.63. The molecule has 0 spiro atoms. The fraction of sp³-hybridized carbons (Fsp3) is 1.00. The van der Waals surface area contributed by atoms with Crippen molar-refractivity contribution < 1.29 is 4.48 Å². The molecule has 0 aliphatic rings. The predicted molar refractivity (Wildman–Crippen MR) is 147 cm³/mol. The van der Waals surface area contributed by atoms with Crippen LogP contribution >= 0.6 is 50.9 Å². The number of unbranched alkanes of at least 4 members (excludes halogenated alkanes) is 12. The van der Waals surface area contributed by atoms with E-state index in [0.29, 0.717) is 0 Å². The van der Waals surface area contributed by atoms with Crippen LogP contribution in [0, 0.1) is 0 Å². The minimum absolute atomic E-state index is 0. The van der Waals surface area contributed by atoms with Crippen LogP contribution in [0.15, 0.2) is 0 Å². The van der Waals surface area contributed by atoms with E-state index in [-0.39, 0.29) is 50.9 Å². The van der Waals surface area contributed by atoms with E-state index in [9.17, 15) is 0 Å². The monoisotopic (exact) mass is 594 g/mol. The van der Waals surface area contributed by atoms with Gasteiger partial charge in [-0.1, -0.05) is 79.1 Å². The van der Waals surface area contributed by atoms with Crippen molar-refractivity contribution >= 4 is 50.9 Å². The summed E-state index contributed by atoms with van der Waals surface area (Å²) in [7, 11) is 0. The van der Waals surface area contributed by atoms with E-state index in [4.69, 9.17) is 0 Å². The lowest BCUT2D eigenvalue weighted by atomic mass is 10.1. The Kier molecular flexibility index (Phi) is 37.3. The van der Waals surface area contributed by atoms with Gasteiger partial charge in [0.05, 0.1) is 26.2 Å². The minimum atomic E-state index is 0. The number of quaternary nitrogens is 1. The van der Waals surface area contributed by atoms with Gasteiger partial charge in [0.1, 0.15) is 0 Å². The molecule has 0 heterocycles. The molecule has 0 aliphatic heterocycles. The van der Waals surface area contributed by atoms with Crippen molar-refractivity contribution in [2.24, 2.45) is 0 Å². The molecule has 0 bridgehead atoms. The maximum Gasteiger partial charge on any atom is 0.0786 e. The van der Waals surface area contributed by atoms with Gasteiger partial charge >= 0.3 is 0 Å². The van der Waals surface area contributed by atoms with E-state index in [2.05, 4.69) is 27.7 Å². The van der Waals surface area contributed by atoms with Gasteiger partial charge in [-0.05, 0) is 51.4 Å². The van der Waals surface area contributed by atoms with Crippen molar-refractivity contribution in [1.82, 2.24) is 0 Å². The van der Waals surface area contributed by atoms with E-state index >= 15 is 0 Å². The molecule has 0 atom stereocenters. The van der Waals surface area contributed by atoms with E-state index in [1.54, 1.807) is 0 Å². The highest BCUT2D eigenvalue weighted by Crippen LogP contribution is 2.19. The van der Waals surface area contributed by atoms with Crippen molar-refractivity contribution in [2.45, 2.75) is 130 Å². The molecule has 0 fully saturated rings. The largest absolute Gasteiger partial charge is 0.324 e. The fourth-order valence-corrected chi connectivity index (χ4v) is 4.17. The van der Waals surface area contributed by atoms with Gasteiger partial charge in [-0.25, -0.2) is 0 Å². The Morgan fingerprint density at radius 3 is 0.714 bits per heavy atom. The molecule has 0 radical (unpaired) electrons. The normalized spacial score (nSPS) is 10.7. The summed E-state index contributed by atoms with van der Waals surface area (Å²) in [5.74, 6) is 0. The molecule has 0 saturated carbocycles. The van der Waals surface area contributed by atoms with Gasteiger partial charge in [0.25, 0.3) is 0 Å². The average molecular weight is 597 g/mol. The van der Waals surface area contributed by atoms with Gasteiger partial charge in [0.2, 0.25) is 0 Å². The van der Waals surface area contributed by atoms with Crippen molar-refractivity contribution in [3.8, 4) is 0 Å². The summed E-state index contributed by atoms with van der Waals surface area (Å²) in [4.78, 5) is 0. The van der Waals surface area contributed by atoms with E-state index in [1.165, 1.54) is 133 Å². The SMILES string of the molecule is Br.Br.Br.CCCCCC[N+](CCCCCC)(CCCCCC)CCCCCC. The molecule has 0 amide bonds. The second-order valence-corrected chi connectivity index (χ2v) is 8.48. The molecule has 0 saturated heterocycles. The molecule has 0 rings (SSSR count). The second-order valence-electron chi connectivity index (χ2n) is 8.48. The lowest BCUT2D eigenvalue weighted by Crippen LogP contribution is -2.50. The third-order valence-corrected chi connectivity index (χ3v) is 5.94. The van der Waals surface area contributed by atoms with Crippen molar-refractivity contribution in [1.29, 1.82) is 0 Å². The number of rotatable bonds is 20. The van der Waals surface area contributed by atoms with Crippen LogP contribution in [0.3, 0.4) is 0 Å². The van der Waals surface area contributed by atoms with Gasteiger partial charge in [0, 0.05) is 0 Å². The quantitative estimate of drug-likeness (QED) is 0.0969. The third-order valence-electron chi connectivity index (χ3n) is 5.94. The molecule has 28 heavy (non-hydrogen) atoms. The van der Waals surface area contributed by atoms with E-state index in [1.807, 2.05) is 0 Å². The summed E-state index contributed by atoms with van der Waals surface area (Å²) < 4.78 is 1.46. The standard InChI is InChI=1S/C24H52N.3BrH/c1-5-9-13-17-21-25(22-18-14-10-6-2,23-19-15-11-7-3)24-20-16-12-8-4;;;/h5-24H2,1-4H3;3*1H/q+1;;;. The van der Waals surface area contributed by atoms with Crippen LogP contribution in [-0.2, 0) is 0 Å². The molecule has 0 aromatic carbocycles. The predicted octanol–water partition coefficient (Wildman–Crippen LogP) is 9.86. The van der Waals surface area contributed by atoms with Gasteiger partial charge in [-0.15, -0.1) is 50.9 Å². The Morgan fingerprint density at radius 1 is 0.321 bits per heavy atom. The smallest absolute Gasteiger partial charge is 0.0786 e. The van der Waals surface area contributed by atoms with Crippen LogP contribution in [0.2, 0.25) is 0 Å². The molecule has 0 N–H and O–H groups in total. The molecular formula is C24H55Br3N+. The van der Waals surface area contributed by atoms with Gasteiger partial charge in [-0.2, -0.15) is 0 Å². The van der Waals surface area contributed by atoms with Crippen molar-refractivity contribution in [3.05, 3.63) is 0 Å². The van der Waals surface area contributed by atoms with Crippen molar-refractivity contribution in [3.63, 3.8) is 0 Å². The molecule has 1 nitrogen and oxygen atoms in total. The number of halogens is 3. The first-order chi connectivity index (χ1) is 12.2. The fourth-order valence-electron chi connectivity index (χ4n) is 4.17. The van der Waals surface area contributed by atoms with Crippen LogP contribution in [0.25, 0.3) is 0 Å². The Balaban J connectivity index is -0.000000960. The highest BCUT2D eigenvalue weighted by atomic mass is 79.9. The second kappa shape index (κ2) is 28.4. The Hall–Kier alpha value is 1.40. The highest BCUT2D eigenvalue weighted by molar-refractivity contribution is 8.93. The summed E-state index contributed by atoms with van der Waals surface area (Å²) in [6.07, 6.45) is 22.8. The van der Waals surface area contributed by atoms with Crippen LogP contribution in [0.1, 0.15) is 130 Å². The molecule has 4 heteroatoms. The lowest BCUT2D eigenvalue weighted by molar-refractivity contribution is -0.929. The zero-order valence-corrected chi connectivity index (χ0v) is 25.0. The first kappa shape index (κ1) is 36.8. The van der Waals surface area contributed by atoms with Crippen LogP contribution < -0.4 is 0 Å². The zero-order chi connectivity index (χ0) is 18.6. The van der Waals surface area contributed by atoms with Gasteiger partial charge < -0.3 is 4.48 Å². The van der Waals surface area contributed by atoms with Gasteiger partial charge in [-0.3, -0.25) is 0 Å². The summed E-state index contributed by atoms with van der Waals surface area (Å²) in [5.41, 5.74) is 0. The Bertz CT molecular complexity index is 209. The summed E-state index contributed by atoms with van der Waals surface area (Å²) >= 11 is 0. The summed E-state index contributed by atoms with van der Waals surface area (Å²) in [5, 5.41) is 0.